The lowest BCUT2D eigenvalue weighted by Gasteiger charge is -2.20. The van der Waals surface area contributed by atoms with Crippen LogP contribution in [-0.2, 0) is 14.3 Å². The Morgan fingerprint density at radius 1 is 1.50 bits per heavy atom. The highest BCUT2D eigenvalue weighted by molar-refractivity contribution is 6.35. The Bertz CT molecular complexity index is 244. The molecule has 0 saturated carbocycles. The first-order valence-electron chi connectivity index (χ1n) is 4.77. The third-order valence-corrected chi connectivity index (χ3v) is 2.35. The summed E-state index contributed by atoms with van der Waals surface area (Å²) in [4.78, 5) is 11.6. The van der Waals surface area contributed by atoms with E-state index in [1.165, 1.54) is 0 Å². The predicted octanol–water partition coefficient (Wildman–Crippen LogP) is 2.32. The summed E-state index contributed by atoms with van der Waals surface area (Å²) in [6.07, 6.45) is -0.223. The molecule has 0 spiro atoms. The van der Waals surface area contributed by atoms with Gasteiger partial charge in [0.15, 0.2) is 0 Å². The van der Waals surface area contributed by atoms with Gasteiger partial charge in [-0.05, 0) is 26.7 Å². The quantitative estimate of drug-likeness (QED) is 0.407. The van der Waals surface area contributed by atoms with E-state index in [1.54, 1.807) is 20.8 Å². The second kappa shape index (κ2) is 3.38. The van der Waals surface area contributed by atoms with Crippen molar-refractivity contribution in [1.82, 2.24) is 0 Å². The van der Waals surface area contributed by atoms with Gasteiger partial charge in [0.25, 0.3) is 5.06 Å². The summed E-state index contributed by atoms with van der Waals surface area (Å²) in [6.45, 7) is 9.33. The Balaban J connectivity index is 2.56. The van der Waals surface area contributed by atoms with Gasteiger partial charge in [0.2, 0.25) is 0 Å². The lowest BCUT2D eigenvalue weighted by Crippen LogP contribution is -2.33. The number of alkyl halides is 1. The molecule has 3 nitrogen and oxygen atoms in total. The maximum Gasteiger partial charge on any atom is 0.357 e. The number of hydrogen-bond donors (Lipinski definition) is 0. The molecule has 0 aromatic heterocycles. The van der Waals surface area contributed by atoms with Crippen molar-refractivity contribution in [3.8, 4) is 0 Å². The number of carbonyl (C=O) groups excluding carboxylic acids is 1. The summed E-state index contributed by atoms with van der Waals surface area (Å²) in [6, 6.07) is 0. The highest BCUT2D eigenvalue weighted by Crippen LogP contribution is 2.46. The van der Waals surface area contributed by atoms with Crippen molar-refractivity contribution in [2.24, 2.45) is 5.92 Å². The van der Waals surface area contributed by atoms with Crippen LogP contribution in [0.5, 0.6) is 0 Å². The van der Waals surface area contributed by atoms with Crippen molar-refractivity contribution >= 4 is 17.6 Å². The summed E-state index contributed by atoms with van der Waals surface area (Å²) in [5.41, 5.74) is -0.521. The molecule has 0 amide bonds. The summed E-state index contributed by atoms with van der Waals surface area (Å²) in [5.74, 6) is -0.259. The van der Waals surface area contributed by atoms with Crippen LogP contribution in [0.3, 0.4) is 0 Å². The van der Waals surface area contributed by atoms with Gasteiger partial charge in [0.1, 0.15) is 11.7 Å². The van der Waals surface area contributed by atoms with E-state index in [1.807, 2.05) is 13.8 Å². The molecular weight excluding hydrogens is 204 g/mol. The van der Waals surface area contributed by atoms with Crippen LogP contribution in [0.1, 0.15) is 34.6 Å². The summed E-state index contributed by atoms with van der Waals surface area (Å²) >= 11 is 5.97. The molecule has 0 radical (unpaired) electrons. The van der Waals surface area contributed by atoms with Gasteiger partial charge >= 0.3 is 5.97 Å². The van der Waals surface area contributed by atoms with Crippen molar-refractivity contribution in [1.29, 1.82) is 0 Å². The Hall–Kier alpha value is -0.280. The largest absolute Gasteiger partial charge is 0.457 e. The second-order valence-corrected chi connectivity index (χ2v) is 5.49. The van der Waals surface area contributed by atoms with Gasteiger partial charge in [-0.1, -0.05) is 25.4 Å². The van der Waals surface area contributed by atoms with Crippen LogP contribution in [0, 0.1) is 5.92 Å². The Morgan fingerprint density at radius 2 is 2.00 bits per heavy atom. The predicted molar refractivity (Wildman–Crippen MR) is 54.1 cm³/mol. The molecule has 82 valence electrons. The molecule has 1 aliphatic rings. The molecule has 4 heteroatoms. The molecule has 1 saturated heterocycles. The maximum atomic E-state index is 11.6. The fraction of sp³-hybridized carbons (Fsp3) is 0.900. The van der Waals surface area contributed by atoms with Crippen LogP contribution >= 0.6 is 11.6 Å². The van der Waals surface area contributed by atoms with Crippen molar-refractivity contribution < 1.29 is 14.3 Å². The van der Waals surface area contributed by atoms with Gasteiger partial charge < -0.3 is 9.47 Å². The van der Waals surface area contributed by atoms with Crippen molar-refractivity contribution in [3.63, 3.8) is 0 Å². The van der Waals surface area contributed by atoms with Gasteiger partial charge in [-0.25, -0.2) is 4.79 Å². The number of esters is 1. The first kappa shape index (κ1) is 11.8. The number of hydrogen-bond acceptors (Lipinski definition) is 3. The van der Waals surface area contributed by atoms with Crippen LogP contribution in [0.15, 0.2) is 0 Å². The summed E-state index contributed by atoms with van der Waals surface area (Å²) in [5, 5.41) is -1.23. The molecule has 1 aliphatic heterocycles. The van der Waals surface area contributed by atoms with Gasteiger partial charge in [-0.15, -0.1) is 0 Å². The second-order valence-electron chi connectivity index (χ2n) is 4.93. The summed E-state index contributed by atoms with van der Waals surface area (Å²) in [7, 11) is 0. The van der Waals surface area contributed by atoms with Crippen LogP contribution in [0.4, 0.5) is 0 Å². The van der Waals surface area contributed by atoms with Crippen LogP contribution in [-0.4, -0.2) is 22.7 Å². The molecule has 1 fully saturated rings. The topological polar surface area (TPSA) is 38.8 Å². The lowest BCUT2D eigenvalue weighted by molar-refractivity contribution is -0.158. The molecule has 0 N–H and O–H groups in total. The van der Waals surface area contributed by atoms with Crippen LogP contribution in [0.2, 0.25) is 0 Å². The zero-order valence-electron chi connectivity index (χ0n) is 9.26. The normalized spacial score (nSPS) is 31.8. The standard InChI is InChI=1S/C10H17ClO3/c1-6(2)7-10(11,13-7)8(12)14-9(3,4)5/h6-7H,1-5H3. The van der Waals surface area contributed by atoms with Crippen LogP contribution in [0.25, 0.3) is 0 Å². The minimum absolute atomic E-state index is 0.222. The first-order valence-corrected chi connectivity index (χ1v) is 5.15. The van der Waals surface area contributed by atoms with Gasteiger partial charge in [-0.3, -0.25) is 0 Å². The van der Waals surface area contributed by atoms with E-state index < -0.39 is 16.6 Å². The van der Waals surface area contributed by atoms with E-state index in [-0.39, 0.29) is 12.0 Å². The number of rotatable bonds is 2. The Labute approximate surface area is 89.7 Å². The van der Waals surface area contributed by atoms with E-state index in [9.17, 15) is 4.79 Å². The zero-order valence-corrected chi connectivity index (χ0v) is 10.0. The van der Waals surface area contributed by atoms with Gasteiger partial charge in [0.05, 0.1) is 0 Å². The molecule has 0 aromatic carbocycles. The van der Waals surface area contributed by atoms with Gasteiger partial charge in [0, 0.05) is 0 Å². The minimum Gasteiger partial charge on any atom is -0.457 e. The third kappa shape index (κ3) is 2.39. The van der Waals surface area contributed by atoms with E-state index in [0.717, 1.165) is 0 Å². The van der Waals surface area contributed by atoms with Gasteiger partial charge in [-0.2, -0.15) is 0 Å². The smallest absolute Gasteiger partial charge is 0.357 e. The minimum atomic E-state index is -1.23. The van der Waals surface area contributed by atoms with E-state index in [4.69, 9.17) is 21.1 Å². The van der Waals surface area contributed by atoms with Crippen molar-refractivity contribution in [2.45, 2.75) is 51.4 Å². The van der Waals surface area contributed by atoms with Crippen LogP contribution < -0.4 is 0 Å². The monoisotopic (exact) mass is 220 g/mol. The summed E-state index contributed by atoms with van der Waals surface area (Å²) < 4.78 is 10.3. The number of epoxide rings is 1. The molecule has 14 heavy (non-hydrogen) atoms. The average Bonchev–Trinajstić information content (AvgIpc) is 2.60. The van der Waals surface area contributed by atoms with E-state index in [2.05, 4.69) is 0 Å². The fourth-order valence-corrected chi connectivity index (χ4v) is 1.61. The third-order valence-electron chi connectivity index (χ3n) is 1.89. The highest BCUT2D eigenvalue weighted by atomic mass is 35.5. The molecular formula is C10H17ClO3. The Morgan fingerprint density at radius 3 is 2.29 bits per heavy atom. The number of halogens is 1. The maximum absolute atomic E-state index is 11.6. The lowest BCUT2D eigenvalue weighted by atomic mass is 10.1. The average molecular weight is 221 g/mol. The number of ether oxygens (including phenoxy) is 2. The van der Waals surface area contributed by atoms with Crippen molar-refractivity contribution in [2.75, 3.05) is 0 Å². The van der Waals surface area contributed by atoms with Crippen molar-refractivity contribution in [3.05, 3.63) is 0 Å². The molecule has 0 aromatic rings. The Kier molecular flexibility index (Phi) is 2.85. The number of carbonyl (C=O) groups is 1. The molecule has 1 heterocycles. The molecule has 2 unspecified atom stereocenters. The fourth-order valence-electron chi connectivity index (χ4n) is 1.23. The van der Waals surface area contributed by atoms with E-state index >= 15 is 0 Å². The highest BCUT2D eigenvalue weighted by Gasteiger charge is 2.64. The zero-order chi connectivity index (χ0) is 11.1. The molecule has 2 atom stereocenters. The molecule has 1 rings (SSSR count). The van der Waals surface area contributed by atoms with E-state index in [0.29, 0.717) is 0 Å². The SMILES string of the molecule is CC(C)C1OC1(Cl)C(=O)OC(C)(C)C. The molecule has 0 bridgehead atoms. The molecule has 0 aliphatic carbocycles. The first-order chi connectivity index (χ1) is 6.17.